The summed E-state index contributed by atoms with van der Waals surface area (Å²) in [6.45, 7) is 2.06. The van der Waals surface area contributed by atoms with Gasteiger partial charge in [-0.05, 0) is 37.7 Å². The summed E-state index contributed by atoms with van der Waals surface area (Å²) in [4.78, 5) is 2.47. The molecular weight excluding hydrogens is 229 g/mol. The Morgan fingerprint density at radius 2 is 2.17 bits per heavy atom. The van der Waals surface area contributed by atoms with Gasteiger partial charge in [0.05, 0.1) is 6.10 Å². The summed E-state index contributed by atoms with van der Waals surface area (Å²) >= 11 is 0. The summed E-state index contributed by atoms with van der Waals surface area (Å²) in [5.74, 6) is 0.577. The molecule has 1 saturated carbocycles. The van der Waals surface area contributed by atoms with Crippen LogP contribution in [0.3, 0.4) is 0 Å². The number of fused-ring (bicyclic) bond motifs is 2. The van der Waals surface area contributed by atoms with Crippen molar-refractivity contribution in [3.8, 4) is 0 Å². The second-order valence-corrected chi connectivity index (χ2v) is 5.65. The molecule has 1 aliphatic carbocycles. The van der Waals surface area contributed by atoms with E-state index >= 15 is 0 Å². The first-order chi connectivity index (χ1) is 8.74. The third-order valence-electron chi connectivity index (χ3n) is 4.48. The van der Waals surface area contributed by atoms with Gasteiger partial charge in [-0.15, -0.1) is 0 Å². The zero-order chi connectivity index (χ0) is 12.5. The summed E-state index contributed by atoms with van der Waals surface area (Å²) in [6.07, 6.45) is 3.96. The SMILES string of the molecule is OC(CCN1CC2CCC1C2)c1ccccc1F. The van der Waals surface area contributed by atoms with E-state index < -0.39 is 6.10 Å². The number of aliphatic hydroxyl groups is 1. The van der Waals surface area contributed by atoms with Gasteiger partial charge >= 0.3 is 0 Å². The molecular formula is C15H20FNO. The van der Waals surface area contributed by atoms with E-state index in [1.54, 1.807) is 18.2 Å². The van der Waals surface area contributed by atoms with E-state index in [4.69, 9.17) is 0 Å². The normalized spacial score (nSPS) is 28.8. The molecule has 3 heteroatoms. The van der Waals surface area contributed by atoms with Crippen molar-refractivity contribution >= 4 is 0 Å². The van der Waals surface area contributed by atoms with Gasteiger partial charge in [-0.25, -0.2) is 4.39 Å². The molecule has 98 valence electrons. The number of halogens is 1. The summed E-state index contributed by atoms with van der Waals surface area (Å²) in [5, 5.41) is 10.1. The molecule has 1 aliphatic heterocycles. The number of nitrogens with zero attached hydrogens (tertiary/aromatic N) is 1. The summed E-state index contributed by atoms with van der Waals surface area (Å²) in [7, 11) is 0. The Bertz CT molecular complexity index is 423. The first-order valence-corrected chi connectivity index (χ1v) is 6.90. The third-order valence-corrected chi connectivity index (χ3v) is 4.48. The van der Waals surface area contributed by atoms with Crippen molar-refractivity contribution in [2.24, 2.45) is 5.92 Å². The topological polar surface area (TPSA) is 23.5 Å². The molecule has 1 aromatic rings. The molecule has 0 radical (unpaired) electrons. The molecule has 2 nitrogen and oxygen atoms in total. The molecule has 1 N–H and O–H groups in total. The highest BCUT2D eigenvalue weighted by Crippen LogP contribution is 2.37. The van der Waals surface area contributed by atoms with E-state index in [0.29, 0.717) is 12.0 Å². The Balaban J connectivity index is 1.56. The van der Waals surface area contributed by atoms with Crippen molar-refractivity contribution in [1.29, 1.82) is 0 Å². The van der Waals surface area contributed by atoms with Gasteiger partial charge in [0.15, 0.2) is 0 Å². The fourth-order valence-electron chi connectivity index (χ4n) is 3.49. The van der Waals surface area contributed by atoms with Crippen LogP contribution in [-0.4, -0.2) is 29.1 Å². The van der Waals surface area contributed by atoms with Crippen LogP contribution in [-0.2, 0) is 0 Å². The van der Waals surface area contributed by atoms with Crippen LogP contribution in [0.15, 0.2) is 24.3 Å². The number of hydrogen-bond donors (Lipinski definition) is 1. The third kappa shape index (κ3) is 2.29. The number of piperidine rings is 1. The van der Waals surface area contributed by atoms with Crippen LogP contribution in [0.1, 0.15) is 37.4 Å². The summed E-state index contributed by atoms with van der Waals surface area (Å²) in [6, 6.07) is 7.25. The Morgan fingerprint density at radius 1 is 1.33 bits per heavy atom. The predicted molar refractivity (Wildman–Crippen MR) is 68.7 cm³/mol. The lowest BCUT2D eigenvalue weighted by Gasteiger charge is -2.27. The average molecular weight is 249 g/mol. The zero-order valence-electron chi connectivity index (χ0n) is 10.6. The largest absolute Gasteiger partial charge is 0.388 e. The average Bonchev–Trinajstić information content (AvgIpc) is 2.98. The molecule has 3 rings (SSSR count). The minimum Gasteiger partial charge on any atom is -0.388 e. The van der Waals surface area contributed by atoms with Gasteiger partial charge < -0.3 is 5.11 Å². The van der Waals surface area contributed by atoms with E-state index in [2.05, 4.69) is 4.90 Å². The van der Waals surface area contributed by atoms with Gasteiger partial charge in [-0.2, -0.15) is 0 Å². The van der Waals surface area contributed by atoms with E-state index in [1.165, 1.54) is 31.9 Å². The van der Waals surface area contributed by atoms with Crippen molar-refractivity contribution in [1.82, 2.24) is 4.90 Å². The van der Waals surface area contributed by atoms with Crippen molar-refractivity contribution < 1.29 is 9.50 Å². The second-order valence-electron chi connectivity index (χ2n) is 5.65. The van der Waals surface area contributed by atoms with E-state index in [0.717, 1.165) is 18.5 Å². The van der Waals surface area contributed by atoms with Gasteiger partial charge in [0.1, 0.15) is 5.82 Å². The van der Waals surface area contributed by atoms with E-state index in [1.807, 2.05) is 0 Å². The molecule has 1 aromatic carbocycles. The molecule has 3 atom stereocenters. The second kappa shape index (κ2) is 4.98. The molecule has 2 aliphatic rings. The quantitative estimate of drug-likeness (QED) is 0.887. The Kier molecular flexibility index (Phi) is 3.35. The van der Waals surface area contributed by atoms with Gasteiger partial charge in [-0.1, -0.05) is 18.2 Å². The highest BCUT2D eigenvalue weighted by molar-refractivity contribution is 5.19. The smallest absolute Gasteiger partial charge is 0.128 e. The molecule has 2 bridgehead atoms. The maximum absolute atomic E-state index is 13.5. The lowest BCUT2D eigenvalue weighted by molar-refractivity contribution is 0.126. The molecule has 1 saturated heterocycles. The minimum atomic E-state index is -0.676. The van der Waals surface area contributed by atoms with Crippen molar-refractivity contribution in [2.45, 2.75) is 37.8 Å². The van der Waals surface area contributed by atoms with Gasteiger partial charge in [0, 0.05) is 24.7 Å². The Morgan fingerprint density at radius 3 is 2.83 bits per heavy atom. The van der Waals surface area contributed by atoms with Crippen LogP contribution in [0.2, 0.25) is 0 Å². The molecule has 2 fully saturated rings. The molecule has 0 amide bonds. The summed E-state index contributed by atoms with van der Waals surface area (Å²) < 4.78 is 13.5. The van der Waals surface area contributed by atoms with Gasteiger partial charge in [0.2, 0.25) is 0 Å². The maximum Gasteiger partial charge on any atom is 0.128 e. The van der Waals surface area contributed by atoms with Crippen LogP contribution in [0.4, 0.5) is 4.39 Å². The molecule has 0 spiro atoms. The highest BCUT2D eigenvalue weighted by atomic mass is 19.1. The van der Waals surface area contributed by atoms with Gasteiger partial charge in [-0.3, -0.25) is 4.90 Å². The van der Waals surface area contributed by atoms with Crippen LogP contribution < -0.4 is 0 Å². The van der Waals surface area contributed by atoms with Crippen molar-refractivity contribution in [2.75, 3.05) is 13.1 Å². The lowest BCUT2D eigenvalue weighted by atomic mass is 10.0. The Hall–Kier alpha value is -0.930. The van der Waals surface area contributed by atoms with Gasteiger partial charge in [0.25, 0.3) is 0 Å². The zero-order valence-corrected chi connectivity index (χ0v) is 10.6. The molecule has 0 aromatic heterocycles. The standard InChI is InChI=1S/C15H20FNO/c16-14-4-2-1-3-13(14)15(18)7-8-17-10-11-5-6-12(17)9-11/h1-4,11-12,15,18H,5-10H2. The van der Waals surface area contributed by atoms with Crippen molar-refractivity contribution in [3.63, 3.8) is 0 Å². The van der Waals surface area contributed by atoms with E-state index in [9.17, 15) is 9.50 Å². The first-order valence-electron chi connectivity index (χ1n) is 6.90. The summed E-state index contributed by atoms with van der Waals surface area (Å²) in [5.41, 5.74) is 0.432. The van der Waals surface area contributed by atoms with Crippen LogP contribution >= 0.6 is 0 Å². The number of aliphatic hydroxyl groups excluding tert-OH is 1. The number of rotatable bonds is 4. The maximum atomic E-state index is 13.5. The van der Waals surface area contributed by atoms with Crippen LogP contribution in [0.5, 0.6) is 0 Å². The fraction of sp³-hybridized carbons (Fsp3) is 0.600. The number of benzene rings is 1. The van der Waals surface area contributed by atoms with Crippen LogP contribution in [0.25, 0.3) is 0 Å². The van der Waals surface area contributed by atoms with Crippen LogP contribution in [0, 0.1) is 11.7 Å². The number of hydrogen-bond acceptors (Lipinski definition) is 2. The van der Waals surface area contributed by atoms with E-state index in [-0.39, 0.29) is 5.82 Å². The Labute approximate surface area is 107 Å². The molecule has 18 heavy (non-hydrogen) atoms. The lowest BCUT2D eigenvalue weighted by Crippen LogP contribution is -2.33. The number of likely N-dealkylation sites (tertiary alicyclic amines) is 1. The fourth-order valence-corrected chi connectivity index (χ4v) is 3.49. The molecule has 1 heterocycles. The molecule has 3 unspecified atom stereocenters. The first kappa shape index (κ1) is 12.1. The predicted octanol–water partition coefficient (Wildman–Crippen LogP) is 2.73. The van der Waals surface area contributed by atoms with Crippen molar-refractivity contribution in [3.05, 3.63) is 35.6 Å². The minimum absolute atomic E-state index is 0.298. The monoisotopic (exact) mass is 249 g/mol. The highest BCUT2D eigenvalue weighted by Gasteiger charge is 2.37.